The second-order valence-electron chi connectivity index (χ2n) is 2.11. The van der Waals surface area contributed by atoms with Gasteiger partial charge in [0.15, 0.2) is 6.29 Å². The molecule has 0 saturated heterocycles. The second kappa shape index (κ2) is 2.64. The molecule has 2 nitrogen and oxygen atoms in total. The van der Waals surface area contributed by atoms with Crippen molar-refractivity contribution < 1.29 is 14.3 Å². The fourth-order valence-electron chi connectivity index (χ4n) is 0.810. The Hall–Kier alpha value is -1.12. The lowest BCUT2D eigenvalue weighted by molar-refractivity contribution is -0.104. The van der Waals surface area contributed by atoms with Crippen LogP contribution in [-0.4, -0.2) is 11.4 Å². The highest BCUT2D eigenvalue weighted by Crippen LogP contribution is 2.21. The fourth-order valence-corrected chi connectivity index (χ4v) is 0.810. The monoisotopic (exact) mass is 142 g/mol. The largest absolute Gasteiger partial charge is 0.512 e. The van der Waals surface area contributed by atoms with Crippen molar-refractivity contribution in [3.8, 4) is 0 Å². The van der Waals surface area contributed by atoms with E-state index in [0.717, 1.165) is 6.08 Å². The van der Waals surface area contributed by atoms with E-state index in [0.29, 0.717) is 12.7 Å². The smallest absolute Gasteiger partial charge is 0.152 e. The Labute approximate surface area is 57.7 Å². The van der Waals surface area contributed by atoms with Crippen LogP contribution in [0.2, 0.25) is 0 Å². The van der Waals surface area contributed by atoms with Crippen molar-refractivity contribution in [1.29, 1.82) is 0 Å². The summed E-state index contributed by atoms with van der Waals surface area (Å²) in [7, 11) is 0. The molecule has 0 amide bonds. The number of allylic oxidation sites excluding steroid dienone is 4. The van der Waals surface area contributed by atoms with Crippen molar-refractivity contribution in [2.24, 2.45) is 0 Å². The van der Waals surface area contributed by atoms with Crippen molar-refractivity contribution >= 4 is 6.29 Å². The van der Waals surface area contributed by atoms with Gasteiger partial charge in [-0.3, -0.25) is 4.79 Å². The summed E-state index contributed by atoms with van der Waals surface area (Å²) in [5.41, 5.74) is -0.0382. The van der Waals surface area contributed by atoms with Crippen LogP contribution >= 0.6 is 0 Å². The molecule has 0 radical (unpaired) electrons. The summed E-state index contributed by atoms with van der Waals surface area (Å²) in [6.07, 6.45) is 2.00. The topological polar surface area (TPSA) is 37.3 Å². The first-order valence-corrected chi connectivity index (χ1v) is 2.97. The number of aliphatic hydroxyl groups is 1. The number of aliphatic hydroxyl groups excluding tert-OH is 1. The molecular formula is C7H7FO2. The summed E-state index contributed by atoms with van der Waals surface area (Å²) in [6, 6.07) is 0. The highest BCUT2D eigenvalue weighted by molar-refractivity contribution is 5.78. The molecule has 0 aromatic carbocycles. The standard InChI is InChI=1S/C7H7FO2/c8-7-2-1-6(10)3-5(7)4-9/h3-4,10H,1-2H2. The third-order valence-electron chi connectivity index (χ3n) is 1.36. The second-order valence-corrected chi connectivity index (χ2v) is 2.11. The van der Waals surface area contributed by atoms with E-state index in [1.54, 1.807) is 0 Å². The molecule has 0 aromatic heterocycles. The summed E-state index contributed by atoms with van der Waals surface area (Å²) in [5.74, 6) is -0.365. The fraction of sp³-hybridized carbons (Fsp3) is 0.286. The van der Waals surface area contributed by atoms with Crippen LogP contribution in [-0.2, 0) is 4.79 Å². The first kappa shape index (κ1) is 6.99. The molecular weight excluding hydrogens is 135 g/mol. The quantitative estimate of drug-likeness (QED) is 0.565. The minimum absolute atomic E-state index is 0.0382. The van der Waals surface area contributed by atoms with Gasteiger partial charge < -0.3 is 5.11 Å². The molecule has 0 bridgehead atoms. The molecule has 3 heteroatoms. The van der Waals surface area contributed by atoms with Gasteiger partial charge in [0.05, 0.1) is 5.76 Å². The van der Waals surface area contributed by atoms with Gasteiger partial charge in [0.1, 0.15) is 5.83 Å². The van der Waals surface area contributed by atoms with E-state index < -0.39 is 5.83 Å². The minimum atomic E-state index is -0.437. The van der Waals surface area contributed by atoms with Crippen LogP contribution < -0.4 is 0 Å². The number of carbonyl (C=O) groups is 1. The molecule has 54 valence electrons. The summed E-state index contributed by atoms with van der Waals surface area (Å²) in [4.78, 5) is 10.1. The zero-order valence-electron chi connectivity index (χ0n) is 5.30. The molecule has 1 aliphatic carbocycles. The molecule has 1 aliphatic rings. The number of rotatable bonds is 1. The van der Waals surface area contributed by atoms with Crippen molar-refractivity contribution in [1.82, 2.24) is 0 Å². The van der Waals surface area contributed by atoms with Gasteiger partial charge in [0.25, 0.3) is 0 Å². The van der Waals surface area contributed by atoms with Crippen molar-refractivity contribution in [2.75, 3.05) is 0 Å². The van der Waals surface area contributed by atoms with Crippen LogP contribution in [0.1, 0.15) is 12.8 Å². The molecule has 0 fully saturated rings. The zero-order valence-corrected chi connectivity index (χ0v) is 5.30. The van der Waals surface area contributed by atoms with E-state index in [9.17, 15) is 9.18 Å². The molecule has 1 rings (SSSR count). The van der Waals surface area contributed by atoms with Crippen LogP contribution in [0, 0.1) is 0 Å². The normalized spacial score (nSPS) is 18.7. The highest BCUT2D eigenvalue weighted by atomic mass is 19.1. The van der Waals surface area contributed by atoms with Crippen LogP contribution in [0.15, 0.2) is 23.2 Å². The summed E-state index contributed by atoms with van der Waals surface area (Å²) in [5, 5.41) is 8.83. The number of halogens is 1. The number of aldehydes is 1. The Morgan fingerprint density at radius 1 is 1.60 bits per heavy atom. The van der Waals surface area contributed by atoms with Gasteiger partial charge in [-0.15, -0.1) is 0 Å². The Balaban J connectivity index is 2.92. The SMILES string of the molecule is O=CC1=C(F)CCC(O)=C1. The van der Waals surface area contributed by atoms with Gasteiger partial charge in [-0.2, -0.15) is 0 Å². The van der Waals surface area contributed by atoms with Crippen LogP contribution in [0.25, 0.3) is 0 Å². The van der Waals surface area contributed by atoms with Crippen molar-refractivity contribution in [3.05, 3.63) is 23.2 Å². The highest BCUT2D eigenvalue weighted by Gasteiger charge is 2.10. The predicted molar refractivity (Wildman–Crippen MR) is 34.1 cm³/mol. The lowest BCUT2D eigenvalue weighted by Crippen LogP contribution is -1.96. The van der Waals surface area contributed by atoms with Crippen molar-refractivity contribution in [2.45, 2.75) is 12.8 Å². The molecule has 0 saturated carbocycles. The molecule has 10 heavy (non-hydrogen) atoms. The average molecular weight is 142 g/mol. The number of hydrogen-bond acceptors (Lipinski definition) is 2. The van der Waals surface area contributed by atoms with Crippen LogP contribution in [0.3, 0.4) is 0 Å². The van der Waals surface area contributed by atoms with Crippen molar-refractivity contribution in [3.63, 3.8) is 0 Å². The van der Waals surface area contributed by atoms with E-state index in [1.807, 2.05) is 0 Å². The number of hydrogen-bond donors (Lipinski definition) is 1. The molecule has 0 spiro atoms. The molecule has 0 atom stereocenters. The van der Waals surface area contributed by atoms with Gasteiger partial charge in [0, 0.05) is 18.4 Å². The zero-order chi connectivity index (χ0) is 7.56. The predicted octanol–water partition coefficient (Wildman–Crippen LogP) is 1.64. The summed E-state index contributed by atoms with van der Waals surface area (Å²) >= 11 is 0. The third kappa shape index (κ3) is 1.23. The molecule has 1 N–H and O–H groups in total. The summed E-state index contributed by atoms with van der Waals surface area (Å²) < 4.78 is 12.5. The lowest BCUT2D eigenvalue weighted by atomic mass is 10.1. The maximum atomic E-state index is 12.5. The van der Waals surface area contributed by atoms with Gasteiger partial charge >= 0.3 is 0 Å². The molecule has 0 aromatic rings. The van der Waals surface area contributed by atoms with E-state index in [-0.39, 0.29) is 17.8 Å². The van der Waals surface area contributed by atoms with Crippen LogP contribution in [0.5, 0.6) is 0 Å². The summed E-state index contributed by atoms with van der Waals surface area (Å²) in [6.45, 7) is 0. The first-order valence-electron chi connectivity index (χ1n) is 2.97. The third-order valence-corrected chi connectivity index (χ3v) is 1.36. The van der Waals surface area contributed by atoms with E-state index in [2.05, 4.69) is 0 Å². The van der Waals surface area contributed by atoms with Gasteiger partial charge in [0.2, 0.25) is 0 Å². The molecule has 0 heterocycles. The Kier molecular flexibility index (Phi) is 1.85. The Morgan fingerprint density at radius 3 is 2.80 bits per heavy atom. The Morgan fingerprint density at radius 2 is 2.30 bits per heavy atom. The first-order chi connectivity index (χ1) is 4.74. The maximum absolute atomic E-state index is 12.5. The number of carbonyl (C=O) groups excluding carboxylic acids is 1. The van der Waals surface area contributed by atoms with E-state index in [4.69, 9.17) is 5.11 Å². The maximum Gasteiger partial charge on any atom is 0.152 e. The Bertz CT molecular complexity index is 216. The molecule has 0 unspecified atom stereocenters. The molecule has 0 aliphatic heterocycles. The van der Waals surface area contributed by atoms with Gasteiger partial charge in [-0.05, 0) is 6.08 Å². The van der Waals surface area contributed by atoms with Gasteiger partial charge in [-0.25, -0.2) is 4.39 Å². The lowest BCUT2D eigenvalue weighted by Gasteiger charge is -2.06. The minimum Gasteiger partial charge on any atom is -0.512 e. The van der Waals surface area contributed by atoms with E-state index >= 15 is 0 Å². The van der Waals surface area contributed by atoms with E-state index in [1.165, 1.54) is 0 Å². The van der Waals surface area contributed by atoms with Gasteiger partial charge in [-0.1, -0.05) is 0 Å². The van der Waals surface area contributed by atoms with Crippen LogP contribution in [0.4, 0.5) is 4.39 Å². The average Bonchev–Trinajstić information content (AvgIpc) is 1.94.